The Labute approximate surface area is 88.9 Å². The Morgan fingerprint density at radius 1 is 1.33 bits per heavy atom. The minimum atomic E-state index is 0.284. The lowest BCUT2D eigenvalue weighted by atomic mass is 10.1. The standard InChI is InChI=1S/C13H13NO/c1-8-7-11-9(2)14-12-6-4-3-5-10(12)13(11)15-8/h3-6,8H,7H2,1-2H3. The second-order valence-electron chi connectivity index (χ2n) is 4.15. The van der Waals surface area contributed by atoms with Gasteiger partial charge in [0, 0.05) is 23.1 Å². The van der Waals surface area contributed by atoms with E-state index in [-0.39, 0.29) is 6.10 Å². The summed E-state index contributed by atoms with van der Waals surface area (Å²) in [6.07, 6.45) is 1.27. The molecule has 1 aliphatic rings. The molecule has 0 aliphatic carbocycles. The number of hydrogen-bond donors (Lipinski definition) is 0. The summed E-state index contributed by atoms with van der Waals surface area (Å²) in [5.74, 6) is 1.05. The van der Waals surface area contributed by atoms with Gasteiger partial charge in [-0.05, 0) is 26.0 Å². The fourth-order valence-corrected chi connectivity index (χ4v) is 2.24. The number of ether oxygens (including phenoxy) is 1. The highest BCUT2D eigenvalue weighted by molar-refractivity contribution is 5.87. The number of hydrogen-bond acceptors (Lipinski definition) is 2. The van der Waals surface area contributed by atoms with E-state index in [1.54, 1.807) is 0 Å². The van der Waals surface area contributed by atoms with E-state index >= 15 is 0 Å². The van der Waals surface area contributed by atoms with Crippen molar-refractivity contribution in [1.82, 2.24) is 4.98 Å². The lowest BCUT2D eigenvalue weighted by Gasteiger charge is -2.07. The summed E-state index contributed by atoms with van der Waals surface area (Å²) in [7, 11) is 0. The van der Waals surface area contributed by atoms with Crippen LogP contribution in [0.5, 0.6) is 5.75 Å². The molecule has 0 saturated carbocycles. The maximum absolute atomic E-state index is 5.86. The Hall–Kier alpha value is -1.57. The van der Waals surface area contributed by atoms with Crippen molar-refractivity contribution in [1.29, 1.82) is 0 Å². The molecule has 76 valence electrons. The number of fused-ring (bicyclic) bond motifs is 3. The minimum Gasteiger partial charge on any atom is -0.489 e. The number of benzene rings is 1. The van der Waals surface area contributed by atoms with Crippen molar-refractivity contribution < 1.29 is 4.74 Å². The molecule has 1 unspecified atom stereocenters. The van der Waals surface area contributed by atoms with Crippen LogP contribution in [0.2, 0.25) is 0 Å². The lowest BCUT2D eigenvalue weighted by molar-refractivity contribution is 0.257. The van der Waals surface area contributed by atoms with Gasteiger partial charge in [-0.3, -0.25) is 4.98 Å². The summed E-state index contributed by atoms with van der Waals surface area (Å²) in [5, 5.41) is 1.14. The van der Waals surface area contributed by atoms with Crippen molar-refractivity contribution in [2.45, 2.75) is 26.4 Å². The van der Waals surface area contributed by atoms with Crippen LogP contribution in [0.3, 0.4) is 0 Å². The molecule has 1 aromatic heterocycles. The Kier molecular flexibility index (Phi) is 1.72. The van der Waals surface area contributed by atoms with Crippen molar-refractivity contribution in [3.63, 3.8) is 0 Å². The number of para-hydroxylation sites is 1. The first-order chi connectivity index (χ1) is 7.25. The van der Waals surface area contributed by atoms with Crippen molar-refractivity contribution in [3.05, 3.63) is 35.5 Å². The maximum atomic E-state index is 5.86. The van der Waals surface area contributed by atoms with Crippen LogP contribution >= 0.6 is 0 Å². The largest absolute Gasteiger partial charge is 0.489 e. The average molecular weight is 199 g/mol. The zero-order valence-electron chi connectivity index (χ0n) is 8.95. The van der Waals surface area contributed by atoms with Crippen LogP contribution in [0.25, 0.3) is 10.9 Å². The van der Waals surface area contributed by atoms with E-state index in [4.69, 9.17) is 4.74 Å². The van der Waals surface area contributed by atoms with Crippen LogP contribution in [0, 0.1) is 6.92 Å². The summed E-state index contributed by atoms with van der Waals surface area (Å²) < 4.78 is 5.86. The van der Waals surface area contributed by atoms with E-state index in [0.29, 0.717) is 0 Å². The molecule has 0 fully saturated rings. The molecule has 2 heterocycles. The molecule has 3 rings (SSSR count). The van der Waals surface area contributed by atoms with E-state index in [1.165, 1.54) is 5.56 Å². The van der Waals surface area contributed by atoms with Crippen LogP contribution in [0.4, 0.5) is 0 Å². The smallest absolute Gasteiger partial charge is 0.134 e. The minimum absolute atomic E-state index is 0.284. The molecule has 0 amide bonds. The third kappa shape index (κ3) is 1.21. The fourth-order valence-electron chi connectivity index (χ4n) is 2.24. The van der Waals surface area contributed by atoms with Gasteiger partial charge in [0.15, 0.2) is 0 Å². The number of rotatable bonds is 0. The Morgan fingerprint density at radius 3 is 3.00 bits per heavy atom. The van der Waals surface area contributed by atoms with E-state index in [9.17, 15) is 0 Å². The van der Waals surface area contributed by atoms with Gasteiger partial charge < -0.3 is 4.74 Å². The number of aryl methyl sites for hydroxylation is 1. The third-order valence-corrected chi connectivity index (χ3v) is 2.96. The molecule has 1 aliphatic heterocycles. The Bertz CT molecular complexity index is 533. The first-order valence-corrected chi connectivity index (χ1v) is 5.30. The van der Waals surface area contributed by atoms with Gasteiger partial charge in [0.05, 0.1) is 5.52 Å². The highest BCUT2D eigenvalue weighted by Crippen LogP contribution is 2.36. The van der Waals surface area contributed by atoms with E-state index in [2.05, 4.69) is 24.9 Å². The van der Waals surface area contributed by atoms with Gasteiger partial charge in [0.1, 0.15) is 11.9 Å². The summed E-state index contributed by atoms with van der Waals surface area (Å²) in [5.41, 5.74) is 3.41. The molecule has 15 heavy (non-hydrogen) atoms. The molecule has 2 aromatic rings. The van der Waals surface area contributed by atoms with E-state index in [1.807, 2.05) is 18.2 Å². The monoisotopic (exact) mass is 199 g/mol. The lowest BCUT2D eigenvalue weighted by Crippen LogP contribution is -2.05. The summed E-state index contributed by atoms with van der Waals surface area (Å²) >= 11 is 0. The number of nitrogens with zero attached hydrogens (tertiary/aromatic N) is 1. The molecule has 1 aromatic carbocycles. The zero-order chi connectivity index (χ0) is 10.4. The topological polar surface area (TPSA) is 22.1 Å². The molecule has 2 heteroatoms. The molecule has 0 radical (unpaired) electrons. The Morgan fingerprint density at radius 2 is 2.13 bits per heavy atom. The quantitative estimate of drug-likeness (QED) is 0.651. The van der Waals surface area contributed by atoms with Gasteiger partial charge in [-0.2, -0.15) is 0 Å². The normalized spacial score (nSPS) is 18.9. The molecule has 2 nitrogen and oxygen atoms in total. The van der Waals surface area contributed by atoms with Crippen molar-refractivity contribution in [2.75, 3.05) is 0 Å². The predicted octanol–water partition coefficient (Wildman–Crippen LogP) is 2.87. The van der Waals surface area contributed by atoms with Gasteiger partial charge >= 0.3 is 0 Å². The first-order valence-electron chi connectivity index (χ1n) is 5.30. The maximum Gasteiger partial charge on any atom is 0.134 e. The molecule has 0 N–H and O–H groups in total. The molecule has 0 saturated heterocycles. The first kappa shape index (κ1) is 8.72. The van der Waals surface area contributed by atoms with Crippen molar-refractivity contribution in [2.24, 2.45) is 0 Å². The van der Waals surface area contributed by atoms with Gasteiger partial charge in [0.2, 0.25) is 0 Å². The molecule has 0 spiro atoms. The third-order valence-electron chi connectivity index (χ3n) is 2.96. The number of pyridine rings is 1. The van der Waals surface area contributed by atoms with Crippen LogP contribution in [0.1, 0.15) is 18.2 Å². The molecular weight excluding hydrogens is 186 g/mol. The highest BCUT2D eigenvalue weighted by Gasteiger charge is 2.23. The van der Waals surface area contributed by atoms with Crippen LogP contribution in [-0.4, -0.2) is 11.1 Å². The van der Waals surface area contributed by atoms with Crippen LogP contribution < -0.4 is 4.74 Å². The Balaban J connectivity index is 2.38. The van der Waals surface area contributed by atoms with Crippen molar-refractivity contribution >= 4 is 10.9 Å². The van der Waals surface area contributed by atoms with Gasteiger partial charge in [0.25, 0.3) is 0 Å². The van der Waals surface area contributed by atoms with Gasteiger partial charge in [-0.25, -0.2) is 0 Å². The highest BCUT2D eigenvalue weighted by atomic mass is 16.5. The summed E-state index contributed by atoms with van der Waals surface area (Å²) in [6.45, 7) is 4.17. The van der Waals surface area contributed by atoms with E-state index < -0.39 is 0 Å². The number of aromatic nitrogens is 1. The predicted molar refractivity (Wildman–Crippen MR) is 60.3 cm³/mol. The van der Waals surface area contributed by atoms with E-state index in [0.717, 1.165) is 28.8 Å². The summed E-state index contributed by atoms with van der Waals surface area (Å²) in [4.78, 5) is 4.60. The molecule has 0 bridgehead atoms. The second kappa shape index (κ2) is 2.96. The molecule has 1 atom stereocenters. The second-order valence-corrected chi connectivity index (χ2v) is 4.15. The van der Waals surface area contributed by atoms with Crippen molar-refractivity contribution in [3.8, 4) is 5.75 Å². The van der Waals surface area contributed by atoms with Gasteiger partial charge in [-0.1, -0.05) is 12.1 Å². The average Bonchev–Trinajstić information content (AvgIpc) is 2.61. The van der Waals surface area contributed by atoms with Crippen LogP contribution in [-0.2, 0) is 6.42 Å². The molecular formula is C13H13NO. The summed E-state index contributed by atoms with van der Waals surface area (Å²) in [6, 6.07) is 8.17. The van der Waals surface area contributed by atoms with Crippen LogP contribution in [0.15, 0.2) is 24.3 Å². The fraction of sp³-hybridized carbons (Fsp3) is 0.308. The zero-order valence-corrected chi connectivity index (χ0v) is 8.95. The van der Waals surface area contributed by atoms with Gasteiger partial charge in [-0.15, -0.1) is 0 Å². The SMILES string of the molecule is Cc1nc2ccccc2c2c1CC(C)O2.